The van der Waals surface area contributed by atoms with Crippen molar-refractivity contribution in [2.75, 3.05) is 7.05 Å². The molecule has 0 aliphatic rings. The van der Waals surface area contributed by atoms with Crippen LogP contribution in [0.25, 0.3) is 0 Å². The number of hydrogen-bond acceptors (Lipinski definition) is 2. The summed E-state index contributed by atoms with van der Waals surface area (Å²) < 4.78 is 0. The van der Waals surface area contributed by atoms with Gasteiger partial charge in [-0.3, -0.25) is 9.59 Å². The Morgan fingerprint density at radius 1 is 0.720 bits per heavy atom. The van der Waals surface area contributed by atoms with Gasteiger partial charge in [-0.15, -0.1) is 0 Å². The maximum absolute atomic E-state index is 13.1. The Labute approximate surface area is 150 Å². The van der Waals surface area contributed by atoms with E-state index in [1.165, 1.54) is 10.0 Å². The maximum Gasteiger partial charge on any atom is 0.272 e. The average molecular weight is 338 g/mol. The van der Waals surface area contributed by atoms with Crippen molar-refractivity contribution in [3.8, 4) is 0 Å². The second-order valence-corrected chi connectivity index (χ2v) is 7.35. The minimum absolute atomic E-state index is 0.199. The highest BCUT2D eigenvalue weighted by Gasteiger charge is 2.33. The van der Waals surface area contributed by atoms with E-state index in [1.54, 1.807) is 31.3 Å². The van der Waals surface area contributed by atoms with Crippen LogP contribution < -0.4 is 0 Å². The van der Waals surface area contributed by atoms with Crippen LogP contribution in [0.15, 0.2) is 48.5 Å². The van der Waals surface area contributed by atoms with E-state index >= 15 is 0 Å². The molecule has 2 aromatic rings. The van der Waals surface area contributed by atoms with Gasteiger partial charge >= 0.3 is 0 Å². The lowest BCUT2D eigenvalue weighted by Crippen LogP contribution is -2.56. The molecule has 0 saturated carbocycles. The molecule has 0 radical (unpaired) electrons. The van der Waals surface area contributed by atoms with Gasteiger partial charge in [0, 0.05) is 18.2 Å². The van der Waals surface area contributed by atoms with E-state index in [9.17, 15) is 9.59 Å². The van der Waals surface area contributed by atoms with Crippen molar-refractivity contribution in [1.29, 1.82) is 0 Å². The highest BCUT2D eigenvalue weighted by molar-refractivity contribution is 5.99. The van der Waals surface area contributed by atoms with Gasteiger partial charge in [-0.25, -0.2) is 10.0 Å². The van der Waals surface area contributed by atoms with Crippen LogP contribution in [0, 0.1) is 13.8 Å². The third kappa shape index (κ3) is 4.27. The smallest absolute Gasteiger partial charge is 0.267 e. The van der Waals surface area contributed by atoms with E-state index in [-0.39, 0.29) is 11.8 Å². The third-order valence-corrected chi connectivity index (χ3v) is 4.02. The van der Waals surface area contributed by atoms with Gasteiger partial charge in [0.05, 0.1) is 5.54 Å². The lowest BCUT2D eigenvalue weighted by Gasteiger charge is -2.41. The molecule has 4 heteroatoms. The van der Waals surface area contributed by atoms with Gasteiger partial charge in [0.2, 0.25) is 0 Å². The first-order valence-corrected chi connectivity index (χ1v) is 8.37. The highest BCUT2D eigenvalue weighted by Crippen LogP contribution is 2.21. The fourth-order valence-corrected chi connectivity index (χ4v) is 2.68. The Kier molecular flexibility index (Phi) is 5.31. The lowest BCUT2D eigenvalue weighted by atomic mass is 10.1. The molecule has 0 heterocycles. The molecule has 0 aliphatic heterocycles. The number of hydrogen-bond donors (Lipinski definition) is 0. The monoisotopic (exact) mass is 338 g/mol. The first-order chi connectivity index (χ1) is 11.6. The maximum atomic E-state index is 13.1. The zero-order valence-corrected chi connectivity index (χ0v) is 15.8. The second-order valence-electron chi connectivity index (χ2n) is 7.35. The third-order valence-electron chi connectivity index (χ3n) is 4.02. The van der Waals surface area contributed by atoms with Crippen LogP contribution in [-0.2, 0) is 0 Å². The van der Waals surface area contributed by atoms with E-state index in [1.807, 2.05) is 58.9 Å². The number of aryl methyl sites for hydroxylation is 2. The van der Waals surface area contributed by atoms with Crippen LogP contribution in [-0.4, -0.2) is 34.4 Å². The van der Waals surface area contributed by atoms with Crippen molar-refractivity contribution in [2.45, 2.75) is 40.2 Å². The first kappa shape index (κ1) is 18.7. The van der Waals surface area contributed by atoms with Crippen molar-refractivity contribution in [2.24, 2.45) is 0 Å². The lowest BCUT2D eigenvalue weighted by molar-refractivity contribution is -0.0308. The van der Waals surface area contributed by atoms with E-state index in [4.69, 9.17) is 0 Å². The summed E-state index contributed by atoms with van der Waals surface area (Å²) in [6.07, 6.45) is 0. The predicted octanol–water partition coefficient (Wildman–Crippen LogP) is 4.23. The van der Waals surface area contributed by atoms with Crippen LogP contribution in [0.2, 0.25) is 0 Å². The van der Waals surface area contributed by atoms with Gasteiger partial charge in [0.1, 0.15) is 0 Å². The minimum atomic E-state index is -0.545. The van der Waals surface area contributed by atoms with Crippen molar-refractivity contribution >= 4 is 11.8 Å². The molecule has 0 bridgehead atoms. The summed E-state index contributed by atoms with van der Waals surface area (Å²) in [5.74, 6) is -0.411. The molecule has 0 atom stereocenters. The molecule has 2 amide bonds. The van der Waals surface area contributed by atoms with E-state index in [0.717, 1.165) is 11.1 Å². The predicted molar refractivity (Wildman–Crippen MR) is 100 cm³/mol. The molecular weight excluding hydrogens is 312 g/mol. The SMILES string of the molecule is Cc1ccc(C(=O)N(C)N(C(=O)c2ccc(C)cc2)C(C)(C)C)cc1. The first-order valence-electron chi connectivity index (χ1n) is 8.37. The molecule has 0 aliphatic carbocycles. The summed E-state index contributed by atoms with van der Waals surface area (Å²) in [6, 6.07) is 14.7. The summed E-state index contributed by atoms with van der Waals surface area (Å²) in [4.78, 5) is 25.9. The number of hydrazine groups is 1. The molecule has 0 unspecified atom stereocenters. The van der Waals surface area contributed by atoms with Gasteiger partial charge in [0.15, 0.2) is 0 Å². The molecule has 2 aromatic carbocycles. The van der Waals surface area contributed by atoms with Crippen LogP contribution in [0.3, 0.4) is 0 Å². The fraction of sp³-hybridized carbons (Fsp3) is 0.333. The molecule has 4 nitrogen and oxygen atoms in total. The molecule has 0 saturated heterocycles. The van der Waals surface area contributed by atoms with Gasteiger partial charge < -0.3 is 0 Å². The number of nitrogens with zero attached hydrogens (tertiary/aromatic N) is 2. The standard InChI is InChI=1S/C21H26N2O2/c1-15-7-11-17(12-8-15)19(24)22(6)23(21(3,4)5)20(25)18-13-9-16(2)10-14-18/h7-14H,1-6H3. The number of carbonyl (C=O) groups excluding carboxylic acids is 2. The number of benzene rings is 2. The summed E-state index contributed by atoms with van der Waals surface area (Å²) in [5, 5.41) is 2.92. The molecule has 0 N–H and O–H groups in total. The molecule has 0 fully saturated rings. The average Bonchev–Trinajstić information content (AvgIpc) is 2.54. The van der Waals surface area contributed by atoms with E-state index < -0.39 is 5.54 Å². The zero-order chi connectivity index (χ0) is 18.8. The summed E-state index contributed by atoms with van der Waals surface area (Å²) >= 11 is 0. The normalized spacial score (nSPS) is 11.1. The Hall–Kier alpha value is -2.62. The number of rotatable bonds is 2. The van der Waals surface area contributed by atoms with Gasteiger partial charge in [-0.05, 0) is 58.9 Å². The minimum Gasteiger partial charge on any atom is -0.267 e. The van der Waals surface area contributed by atoms with Crippen molar-refractivity contribution < 1.29 is 9.59 Å². The van der Waals surface area contributed by atoms with Crippen LogP contribution in [0.5, 0.6) is 0 Å². The van der Waals surface area contributed by atoms with Crippen LogP contribution in [0.1, 0.15) is 52.6 Å². The van der Waals surface area contributed by atoms with E-state index in [2.05, 4.69) is 0 Å². The van der Waals surface area contributed by atoms with E-state index in [0.29, 0.717) is 11.1 Å². The molecule has 0 spiro atoms. The topological polar surface area (TPSA) is 40.6 Å². The quantitative estimate of drug-likeness (QED) is 0.769. The Bertz CT molecular complexity index is 756. The van der Waals surface area contributed by atoms with Crippen molar-refractivity contribution in [3.05, 3.63) is 70.8 Å². The fourth-order valence-electron chi connectivity index (χ4n) is 2.68. The van der Waals surface area contributed by atoms with Crippen LogP contribution in [0.4, 0.5) is 0 Å². The van der Waals surface area contributed by atoms with Crippen molar-refractivity contribution in [3.63, 3.8) is 0 Å². The number of carbonyl (C=O) groups is 2. The Morgan fingerprint density at radius 2 is 1.08 bits per heavy atom. The molecule has 132 valence electrons. The van der Waals surface area contributed by atoms with Gasteiger partial charge in [-0.1, -0.05) is 35.4 Å². The highest BCUT2D eigenvalue weighted by atomic mass is 16.2. The largest absolute Gasteiger partial charge is 0.272 e. The molecule has 0 aromatic heterocycles. The zero-order valence-electron chi connectivity index (χ0n) is 15.8. The summed E-state index contributed by atoms with van der Waals surface area (Å²) in [5.41, 5.74) is 2.74. The second kappa shape index (κ2) is 7.09. The van der Waals surface area contributed by atoms with Gasteiger partial charge in [0.25, 0.3) is 11.8 Å². The van der Waals surface area contributed by atoms with Crippen LogP contribution >= 0.6 is 0 Å². The Morgan fingerprint density at radius 3 is 1.44 bits per heavy atom. The Balaban J connectivity index is 2.36. The molecular formula is C21H26N2O2. The van der Waals surface area contributed by atoms with Gasteiger partial charge in [-0.2, -0.15) is 0 Å². The van der Waals surface area contributed by atoms with Crippen molar-refractivity contribution in [1.82, 2.24) is 10.0 Å². The summed E-state index contributed by atoms with van der Waals surface area (Å²) in [7, 11) is 1.64. The number of amides is 2. The molecule has 2 rings (SSSR count). The summed E-state index contributed by atoms with van der Waals surface area (Å²) in [6.45, 7) is 9.69. The molecule has 25 heavy (non-hydrogen) atoms.